The molecule has 0 radical (unpaired) electrons. The zero-order chi connectivity index (χ0) is 15.5. The quantitative estimate of drug-likeness (QED) is 0.941. The largest absolute Gasteiger partial charge is 0.406 e. The molecule has 0 fully saturated rings. The summed E-state index contributed by atoms with van der Waals surface area (Å²) in [5.74, 6) is -0.778. The summed E-state index contributed by atoms with van der Waals surface area (Å²) in [6.07, 6.45) is -2.98. The maximum absolute atomic E-state index is 12.5. The van der Waals surface area contributed by atoms with E-state index in [0.29, 0.717) is 15.8 Å². The molecule has 0 saturated carbocycles. The lowest BCUT2D eigenvalue weighted by atomic mass is 10.1. The highest BCUT2D eigenvalue weighted by molar-refractivity contribution is 6.06. The van der Waals surface area contributed by atoms with E-state index in [4.69, 9.17) is 5.11 Å². The number of rotatable bonds is 4. The van der Waals surface area contributed by atoms with Crippen LogP contribution in [0.15, 0.2) is 36.5 Å². The molecule has 1 aromatic carbocycles. The first-order chi connectivity index (χ1) is 9.92. The fraction of sp³-hybridized carbons (Fsp3) is 0.286. The van der Waals surface area contributed by atoms with Crippen molar-refractivity contribution in [1.82, 2.24) is 9.88 Å². The summed E-state index contributed by atoms with van der Waals surface area (Å²) >= 11 is 0. The molecule has 0 bridgehead atoms. The van der Waals surface area contributed by atoms with Crippen LogP contribution in [0.3, 0.4) is 0 Å². The van der Waals surface area contributed by atoms with Gasteiger partial charge in [-0.1, -0.05) is 12.1 Å². The second kappa shape index (κ2) is 6.09. The molecule has 0 saturated heterocycles. The van der Waals surface area contributed by atoms with E-state index < -0.39 is 25.2 Å². The summed E-state index contributed by atoms with van der Waals surface area (Å²) in [6, 6.07) is 7.92. The van der Waals surface area contributed by atoms with E-state index in [1.807, 2.05) is 0 Å². The molecule has 0 atom stereocenters. The molecular formula is C14H13F3N2O2. The van der Waals surface area contributed by atoms with Crippen molar-refractivity contribution in [3.05, 3.63) is 42.1 Å². The van der Waals surface area contributed by atoms with Gasteiger partial charge in [0.2, 0.25) is 0 Å². The van der Waals surface area contributed by atoms with Crippen LogP contribution in [0.5, 0.6) is 0 Å². The van der Waals surface area contributed by atoms with Crippen LogP contribution >= 0.6 is 0 Å². The molecule has 0 aliphatic carbocycles. The molecule has 2 aromatic rings. The monoisotopic (exact) mass is 298 g/mol. The Bertz CT molecular complexity index is 638. The van der Waals surface area contributed by atoms with E-state index in [9.17, 15) is 18.0 Å². The number of pyridine rings is 1. The number of carbonyl (C=O) groups is 1. The molecular weight excluding hydrogens is 285 g/mol. The van der Waals surface area contributed by atoms with Gasteiger partial charge >= 0.3 is 6.18 Å². The number of aliphatic hydroxyl groups is 1. The number of halogens is 3. The molecule has 0 aliphatic rings. The minimum atomic E-state index is -4.52. The van der Waals surface area contributed by atoms with Gasteiger partial charge in [0.1, 0.15) is 6.54 Å². The summed E-state index contributed by atoms with van der Waals surface area (Å²) in [7, 11) is 0. The Balaban J connectivity index is 2.39. The maximum Gasteiger partial charge on any atom is 0.406 e. The van der Waals surface area contributed by atoms with Gasteiger partial charge < -0.3 is 10.0 Å². The fourth-order valence-electron chi connectivity index (χ4n) is 2.05. The van der Waals surface area contributed by atoms with Crippen LogP contribution in [0, 0.1) is 0 Å². The van der Waals surface area contributed by atoms with Crippen LogP contribution in [-0.2, 0) is 0 Å². The highest BCUT2D eigenvalue weighted by Gasteiger charge is 2.33. The molecule has 4 nitrogen and oxygen atoms in total. The van der Waals surface area contributed by atoms with Gasteiger partial charge in [-0.25, -0.2) is 0 Å². The number of aliphatic hydroxyl groups excluding tert-OH is 1. The number of hydrogen-bond acceptors (Lipinski definition) is 3. The SMILES string of the molecule is O=C(c1cccc2ncccc12)N(CCO)CC(F)(F)F. The second-order valence-corrected chi connectivity index (χ2v) is 4.44. The fourth-order valence-corrected chi connectivity index (χ4v) is 2.05. The highest BCUT2D eigenvalue weighted by atomic mass is 19.4. The van der Waals surface area contributed by atoms with Crippen molar-refractivity contribution in [2.24, 2.45) is 0 Å². The average molecular weight is 298 g/mol. The Kier molecular flexibility index (Phi) is 4.42. The van der Waals surface area contributed by atoms with E-state index in [1.54, 1.807) is 24.3 Å². The minimum absolute atomic E-state index is 0.137. The molecule has 0 spiro atoms. The van der Waals surface area contributed by atoms with Gasteiger partial charge in [-0.15, -0.1) is 0 Å². The predicted molar refractivity (Wildman–Crippen MR) is 70.8 cm³/mol. The molecule has 21 heavy (non-hydrogen) atoms. The number of fused-ring (bicyclic) bond motifs is 1. The van der Waals surface area contributed by atoms with Crippen LogP contribution in [0.25, 0.3) is 10.9 Å². The Morgan fingerprint density at radius 3 is 2.67 bits per heavy atom. The van der Waals surface area contributed by atoms with E-state index >= 15 is 0 Å². The van der Waals surface area contributed by atoms with Crippen LogP contribution in [0.2, 0.25) is 0 Å². The van der Waals surface area contributed by atoms with Gasteiger partial charge in [-0.05, 0) is 18.2 Å². The van der Waals surface area contributed by atoms with Gasteiger partial charge in [0.15, 0.2) is 0 Å². The number of benzene rings is 1. The van der Waals surface area contributed by atoms with Crippen molar-refractivity contribution in [2.75, 3.05) is 19.7 Å². The van der Waals surface area contributed by atoms with Gasteiger partial charge in [-0.3, -0.25) is 9.78 Å². The van der Waals surface area contributed by atoms with Crippen LogP contribution < -0.4 is 0 Å². The molecule has 0 unspecified atom stereocenters. The van der Waals surface area contributed by atoms with Crippen LogP contribution in [-0.4, -0.2) is 46.8 Å². The lowest BCUT2D eigenvalue weighted by Gasteiger charge is -2.23. The minimum Gasteiger partial charge on any atom is -0.395 e. The van der Waals surface area contributed by atoms with Gasteiger partial charge in [-0.2, -0.15) is 13.2 Å². The first kappa shape index (κ1) is 15.2. The third kappa shape index (κ3) is 3.69. The molecule has 1 amide bonds. The lowest BCUT2D eigenvalue weighted by molar-refractivity contribution is -0.141. The second-order valence-electron chi connectivity index (χ2n) is 4.44. The predicted octanol–water partition coefficient (Wildman–Crippen LogP) is 2.23. The molecule has 1 aromatic heterocycles. The van der Waals surface area contributed by atoms with E-state index in [-0.39, 0.29) is 12.1 Å². The molecule has 7 heteroatoms. The van der Waals surface area contributed by atoms with Crippen LogP contribution in [0.1, 0.15) is 10.4 Å². The summed E-state index contributed by atoms with van der Waals surface area (Å²) < 4.78 is 37.6. The Morgan fingerprint density at radius 2 is 2.00 bits per heavy atom. The Morgan fingerprint density at radius 1 is 1.24 bits per heavy atom. The van der Waals surface area contributed by atoms with E-state index in [0.717, 1.165) is 0 Å². The third-order valence-corrected chi connectivity index (χ3v) is 2.90. The van der Waals surface area contributed by atoms with E-state index in [1.165, 1.54) is 12.3 Å². The number of aromatic nitrogens is 1. The topological polar surface area (TPSA) is 53.4 Å². The smallest absolute Gasteiger partial charge is 0.395 e. The van der Waals surface area contributed by atoms with Crippen molar-refractivity contribution < 1.29 is 23.1 Å². The van der Waals surface area contributed by atoms with Gasteiger partial charge in [0.25, 0.3) is 5.91 Å². The summed E-state index contributed by atoms with van der Waals surface area (Å²) in [5, 5.41) is 9.35. The number of alkyl halides is 3. The number of amides is 1. The number of carbonyl (C=O) groups excluding carboxylic acids is 1. The van der Waals surface area contributed by atoms with Crippen molar-refractivity contribution in [3.63, 3.8) is 0 Å². The standard InChI is InChI=1S/C14H13F3N2O2/c15-14(16,17)9-19(7-8-20)13(21)11-3-1-5-12-10(11)4-2-6-18-12/h1-6,20H,7-9H2. The molecule has 112 valence electrons. The number of nitrogens with zero attached hydrogens (tertiary/aromatic N) is 2. The number of hydrogen-bond donors (Lipinski definition) is 1. The van der Waals surface area contributed by atoms with Gasteiger partial charge in [0.05, 0.1) is 12.1 Å². The Labute approximate surface area is 118 Å². The van der Waals surface area contributed by atoms with Gasteiger partial charge in [0, 0.05) is 23.7 Å². The first-order valence-corrected chi connectivity index (χ1v) is 6.23. The molecule has 0 aliphatic heterocycles. The van der Waals surface area contributed by atoms with Crippen molar-refractivity contribution in [1.29, 1.82) is 0 Å². The highest BCUT2D eigenvalue weighted by Crippen LogP contribution is 2.21. The Hall–Kier alpha value is -2.15. The third-order valence-electron chi connectivity index (χ3n) is 2.90. The normalized spacial score (nSPS) is 11.6. The van der Waals surface area contributed by atoms with Crippen molar-refractivity contribution in [2.45, 2.75) is 6.18 Å². The maximum atomic E-state index is 12.5. The summed E-state index contributed by atoms with van der Waals surface area (Å²) in [5.41, 5.74) is 0.664. The summed E-state index contributed by atoms with van der Waals surface area (Å²) in [4.78, 5) is 17.0. The lowest BCUT2D eigenvalue weighted by Crippen LogP contribution is -2.40. The van der Waals surface area contributed by atoms with Crippen molar-refractivity contribution >= 4 is 16.8 Å². The van der Waals surface area contributed by atoms with Crippen molar-refractivity contribution in [3.8, 4) is 0 Å². The molecule has 1 heterocycles. The van der Waals surface area contributed by atoms with Crippen LogP contribution in [0.4, 0.5) is 13.2 Å². The van der Waals surface area contributed by atoms with E-state index in [2.05, 4.69) is 4.98 Å². The first-order valence-electron chi connectivity index (χ1n) is 6.23. The summed E-state index contributed by atoms with van der Waals surface area (Å²) in [6.45, 7) is -2.32. The zero-order valence-corrected chi connectivity index (χ0v) is 11.0. The average Bonchev–Trinajstić information content (AvgIpc) is 2.44. The molecule has 1 N–H and O–H groups in total. The zero-order valence-electron chi connectivity index (χ0n) is 11.0. The molecule has 2 rings (SSSR count).